The summed E-state index contributed by atoms with van der Waals surface area (Å²) in [6, 6.07) is 17.5. The Labute approximate surface area is 173 Å². The highest BCUT2D eigenvalue weighted by molar-refractivity contribution is 6.31. The number of fused-ring (bicyclic) bond motifs is 2. The molecule has 1 unspecified atom stereocenters. The molecule has 0 radical (unpaired) electrons. The Morgan fingerprint density at radius 2 is 2.00 bits per heavy atom. The van der Waals surface area contributed by atoms with E-state index in [1.807, 2.05) is 61.8 Å². The summed E-state index contributed by atoms with van der Waals surface area (Å²) < 4.78 is 3.87. The van der Waals surface area contributed by atoms with Crippen LogP contribution >= 0.6 is 11.6 Å². The molecule has 4 aromatic rings. The molecule has 1 aliphatic rings. The number of carbonyl (C=O) groups is 1. The molecule has 7 heteroatoms. The number of carbonyl (C=O) groups excluding carboxylic acids is 1. The molecule has 29 heavy (non-hydrogen) atoms. The smallest absolute Gasteiger partial charge is 0.215 e. The molecule has 0 aliphatic carbocycles. The summed E-state index contributed by atoms with van der Waals surface area (Å²) >= 11 is 6.76. The lowest BCUT2D eigenvalue weighted by Gasteiger charge is -2.29. The van der Waals surface area contributed by atoms with Crippen molar-refractivity contribution in [3.8, 4) is 11.4 Å². The third kappa shape index (κ3) is 2.84. The molecule has 0 spiro atoms. The second kappa shape index (κ2) is 6.90. The number of aryl methyl sites for hydroxylation is 1. The highest BCUT2D eigenvalue weighted by atomic mass is 35.5. The minimum Gasteiger partial charge on any atom is -0.345 e. The van der Waals surface area contributed by atoms with E-state index in [2.05, 4.69) is 20.7 Å². The minimum atomic E-state index is -0.327. The van der Waals surface area contributed by atoms with E-state index >= 15 is 0 Å². The zero-order valence-corrected chi connectivity index (χ0v) is 16.5. The fraction of sp³-hybridized carbons (Fsp3) is 0.136. The second-order valence-electron chi connectivity index (χ2n) is 7.05. The SMILES string of the molecule is Cn1ncnc1-c1ccc(C2c3cccn3Cc3ccccc3N2C=O)c(Cl)c1. The maximum absolute atomic E-state index is 12.3. The van der Waals surface area contributed by atoms with Gasteiger partial charge in [-0.2, -0.15) is 5.10 Å². The number of hydrogen-bond acceptors (Lipinski definition) is 3. The summed E-state index contributed by atoms with van der Waals surface area (Å²) in [6.07, 6.45) is 4.44. The van der Waals surface area contributed by atoms with Crippen LogP contribution in [0.3, 0.4) is 0 Å². The average Bonchev–Trinajstić information content (AvgIpc) is 3.33. The molecule has 3 heterocycles. The van der Waals surface area contributed by atoms with Crippen molar-refractivity contribution in [1.29, 1.82) is 0 Å². The van der Waals surface area contributed by atoms with Crippen LogP contribution in [-0.2, 0) is 18.4 Å². The summed E-state index contributed by atoms with van der Waals surface area (Å²) in [7, 11) is 1.84. The molecule has 0 bridgehead atoms. The van der Waals surface area contributed by atoms with Gasteiger partial charge in [0, 0.05) is 41.8 Å². The number of benzene rings is 2. The Bertz CT molecular complexity index is 1210. The van der Waals surface area contributed by atoms with Crippen molar-refractivity contribution < 1.29 is 4.79 Å². The first-order chi connectivity index (χ1) is 14.2. The molecule has 0 fully saturated rings. The van der Waals surface area contributed by atoms with Crippen molar-refractivity contribution in [2.24, 2.45) is 7.05 Å². The van der Waals surface area contributed by atoms with Crippen LogP contribution in [0.15, 0.2) is 67.1 Å². The lowest BCUT2D eigenvalue weighted by Crippen LogP contribution is -2.28. The number of nitrogens with zero attached hydrogens (tertiary/aromatic N) is 5. The van der Waals surface area contributed by atoms with E-state index in [1.54, 1.807) is 9.58 Å². The molecule has 5 rings (SSSR count). The summed E-state index contributed by atoms with van der Waals surface area (Å²) in [5, 5.41) is 4.70. The second-order valence-corrected chi connectivity index (χ2v) is 7.46. The van der Waals surface area contributed by atoms with Crippen molar-refractivity contribution in [1.82, 2.24) is 19.3 Å². The van der Waals surface area contributed by atoms with Crippen LogP contribution in [0.1, 0.15) is 22.9 Å². The Morgan fingerprint density at radius 1 is 1.14 bits per heavy atom. The van der Waals surface area contributed by atoms with Crippen LogP contribution < -0.4 is 4.90 Å². The fourth-order valence-electron chi connectivity index (χ4n) is 4.05. The summed E-state index contributed by atoms with van der Waals surface area (Å²) in [5.41, 5.74) is 4.74. The van der Waals surface area contributed by atoms with Crippen LogP contribution in [0, 0.1) is 0 Å². The van der Waals surface area contributed by atoms with E-state index in [1.165, 1.54) is 6.33 Å². The first-order valence-corrected chi connectivity index (χ1v) is 9.65. The third-order valence-corrected chi connectivity index (χ3v) is 5.74. The highest BCUT2D eigenvalue weighted by Crippen LogP contribution is 2.40. The van der Waals surface area contributed by atoms with Crippen LogP contribution in [0.4, 0.5) is 5.69 Å². The average molecular weight is 404 g/mol. The normalized spacial score (nSPS) is 15.5. The predicted octanol–water partition coefficient (Wildman–Crippen LogP) is 4.05. The standard InChI is InChI=1S/C22H18ClN5O/c1-26-22(24-13-25-26)15-8-9-17(18(23)11-15)21-20-7-4-10-27(20)12-16-5-2-3-6-19(16)28(21)14-29/h2-11,13-14,21H,12H2,1H3. The zero-order chi connectivity index (χ0) is 20.0. The van der Waals surface area contributed by atoms with Crippen LogP contribution in [0.25, 0.3) is 11.4 Å². The monoisotopic (exact) mass is 403 g/mol. The molecule has 1 atom stereocenters. The summed E-state index contributed by atoms with van der Waals surface area (Å²) in [5.74, 6) is 0.736. The van der Waals surface area contributed by atoms with Crippen molar-refractivity contribution in [2.45, 2.75) is 12.6 Å². The Balaban J connectivity index is 1.68. The maximum Gasteiger partial charge on any atom is 0.215 e. The molecular weight excluding hydrogens is 386 g/mol. The van der Waals surface area contributed by atoms with E-state index in [0.29, 0.717) is 11.6 Å². The molecule has 0 saturated heterocycles. The quantitative estimate of drug-likeness (QED) is 0.485. The van der Waals surface area contributed by atoms with Gasteiger partial charge in [0.05, 0.1) is 0 Å². The lowest BCUT2D eigenvalue weighted by atomic mass is 9.99. The van der Waals surface area contributed by atoms with E-state index in [0.717, 1.165) is 40.3 Å². The summed E-state index contributed by atoms with van der Waals surface area (Å²) in [4.78, 5) is 18.3. The number of para-hydroxylation sites is 1. The van der Waals surface area contributed by atoms with Gasteiger partial charge in [-0.1, -0.05) is 41.9 Å². The van der Waals surface area contributed by atoms with Gasteiger partial charge in [-0.05, 0) is 35.4 Å². The summed E-state index contributed by atoms with van der Waals surface area (Å²) in [6.45, 7) is 0.702. The zero-order valence-electron chi connectivity index (χ0n) is 15.7. The maximum atomic E-state index is 12.3. The number of hydrogen-bond donors (Lipinski definition) is 0. The Kier molecular flexibility index (Phi) is 4.21. The van der Waals surface area contributed by atoms with Crippen molar-refractivity contribution in [2.75, 3.05) is 4.90 Å². The molecule has 2 aromatic heterocycles. The molecule has 1 amide bonds. The number of amides is 1. The largest absolute Gasteiger partial charge is 0.345 e. The minimum absolute atomic E-state index is 0.327. The predicted molar refractivity (Wildman–Crippen MR) is 112 cm³/mol. The van der Waals surface area contributed by atoms with Gasteiger partial charge in [0.2, 0.25) is 6.41 Å². The Morgan fingerprint density at radius 3 is 2.76 bits per heavy atom. The van der Waals surface area contributed by atoms with E-state index in [9.17, 15) is 4.79 Å². The van der Waals surface area contributed by atoms with Gasteiger partial charge in [-0.3, -0.25) is 4.79 Å². The molecule has 2 aromatic carbocycles. The van der Waals surface area contributed by atoms with Gasteiger partial charge >= 0.3 is 0 Å². The Hall–Kier alpha value is -3.38. The first-order valence-electron chi connectivity index (χ1n) is 9.28. The first kappa shape index (κ1) is 17.7. The molecule has 144 valence electrons. The van der Waals surface area contributed by atoms with Gasteiger partial charge in [0.15, 0.2) is 5.82 Å². The molecule has 1 aliphatic heterocycles. The van der Waals surface area contributed by atoms with Crippen molar-refractivity contribution >= 4 is 23.7 Å². The number of rotatable bonds is 3. The van der Waals surface area contributed by atoms with Gasteiger partial charge in [0.25, 0.3) is 0 Å². The van der Waals surface area contributed by atoms with Gasteiger partial charge in [0.1, 0.15) is 12.4 Å². The van der Waals surface area contributed by atoms with Crippen molar-refractivity contribution in [3.05, 3.63) is 89.0 Å². The van der Waals surface area contributed by atoms with Gasteiger partial charge in [-0.25, -0.2) is 9.67 Å². The number of halogens is 1. The third-order valence-electron chi connectivity index (χ3n) is 5.41. The molecular formula is C22H18ClN5O. The molecule has 6 nitrogen and oxygen atoms in total. The van der Waals surface area contributed by atoms with Crippen LogP contribution in [-0.4, -0.2) is 25.7 Å². The lowest BCUT2D eigenvalue weighted by molar-refractivity contribution is -0.107. The highest BCUT2D eigenvalue weighted by Gasteiger charge is 2.31. The van der Waals surface area contributed by atoms with E-state index in [4.69, 9.17) is 11.6 Å². The van der Waals surface area contributed by atoms with E-state index in [-0.39, 0.29) is 6.04 Å². The topological polar surface area (TPSA) is 56.0 Å². The molecule has 0 N–H and O–H groups in total. The van der Waals surface area contributed by atoms with Gasteiger partial charge in [-0.15, -0.1) is 0 Å². The van der Waals surface area contributed by atoms with E-state index < -0.39 is 0 Å². The van der Waals surface area contributed by atoms with Gasteiger partial charge < -0.3 is 9.47 Å². The van der Waals surface area contributed by atoms with Crippen LogP contribution in [0.2, 0.25) is 5.02 Å². The van der Waals surface area contributed by atoms with Crippen LogP contribution in [0.5, 0.6) is 0 Å². The fourth-order valence-corrected chi connectivity index (χ4v) is 4.34. The number of anilines is 1. The number of aromatic nitrogens is 4. The van der Waals surface area contributed by atoms with Crippen molar-refractivity contribution in [3.63, 3.8) is 0 Å². The molecule has 0 saturated carbocycles.